The number of nitrogens with one attached hydrogen (secondary N) is 2. The van der Waals surface area contributed by atoms with Crippen LogP contribution in [0, 0.1) is 0 Å². The highest BCUT2D eigenvalue weighted by atomic mass is 35.5. The van der Waals surface area contributed by atoms with Gasteiger partial charge in [-0.2, -0.15) is 0 Å². The molecule has 0 radical (unpaired) electrons. The van der Waals surface area contributed by atoms with Gasteiger partial charge in [0.15, 0.2) is 0 Å². The molecule has 1 saturated heterocycles. The molecule has 1 aliphatic heterocycles. The normalized spacial score (nSPS) is 16.6. The van der Waals surface area contributed by atoms with Crippen molar-refractivity contribution in [2.45, 2.75) is 12.5 Å². The zero-order valence-corrected chi connectivity index (χ0v) is 14.4. The average Bonchev–Trinajstić information content (AvgIpc) is 2.96. The summed E-state index contributed by atoms with van der Waals surface area (Å²) in [6.07, 6.45) is 0.259. The minimum absolute atomic E-state index is 0.0168. The molecule has 1 fully saturated rings. The predicted molar refractivity (Wildman–Crippen MR) is 97.4 cm³/mol. The Hall–Kier alpha value is -2.73. The first-order valence-corrected chi connectivity index (χ1v) is 8.21. The second-order valence-corrected chi connectivity index (χ2v) is 6.12. The Balaban J connectivity index is 1.63. The fourth-order valence-electron chi connectivity index (χ4n) is 2.78. The minimum atomic E-state index is -0.409. The first kappa shape index (κ1) is 17.1. The lowest BCUT2D eigenvalue weighted by Crippen LogP contribution is -2.39. The lowest BCUT2D eigenvalue weighted by Gasteiger charge is -2.17. The molecular weight excluding hydrogens is 342 g/mol. The molecule has 0 aliphatic carbocycles. The summed E-state index contributed by atoms with van der Waals surface area (Å²) in [5, 5.41) is 6.01. The second kappa shape index (κ2) is 7.44. The highest BCUT2D eigenvalue weighted by Gasteiger charge is 2.31. The van der Waals surface area contributed by atoms with Gasteiger partial charge in [-0.15, -0.1) is 0 Å². The molecule has 25 heavy (non-hydrogen) atoms. The molecule has 0 bridgehead atoms. The van der Waals surface area contributed by atoms with Gasteiger partial charge in [0.05, 0.1) is 18.8 Å². The molecule has 0 saturated carbocycles. The molecule has 130 valence electrons. The third-order valence-electron chi connectivity index (χ3n) is 3.94. The van der Waals surface area contributed by atoms with Crippen LogP contribution in [0.2, 0.25) is 5.02 Å². The van der Waals surface area contributed by atoms with Crippen molar-refractivity contribution in [2.24, 2.45) is 0 Å². The summed E-state index contributed by atoms with van der Waals surface area (Å²) < 4.78 is 5.20. The van der Waals surface area contributed by atoms with Crippen molar-refractivity contribution in [3.05, 3.63) is 53.6 Å². The van der Waals surface area contributed by atoms with Crippen LogP contribution < -0.4 is 20.3 Å². The Morgan fingerprint density at radius 3 is 2.72 bits per heavy atom. The van der Waals surface area contributed by atoms with Crippen molar-refractivity contribution < 1.29 is 14.3 Å². The first-order chi connectivity index (χ1) is 12.1. The highest BCUT2D eigenvalue weighted by molar-refractivity contribution is 6.31. The van der Waals surface area contributed by atoms with Gasteiger partial charge in [0, 0.05) is 23.7 Å². The topological polar surface area (TPSA) is 70.7 Å². The lowest BCUT2D eigenvalue weighted by molar-refractivity contribution is -0.117. The van der Waals surface area contributed by atoms with E-state index in [4.69, 9.17) is 16.3 Å². The minimum Gasteiger partial charge on any atom is -0.495 e. The number of para-hydroxylation sites is 1. The Morgan fingerprint density at radius 2 is 2.00 bits per heavy atom. The summed E-state index contributed by atoms with van der Waals surface area (Å²) in [5.41, 5.74) is 1.30. The van der Waals surface area contributed by atoms with Gasteiger partial charge in [-0.3, -0.25) is 4.79 Å². The summed E-state index contributed by atoms with van der Waals surface area (Å²) >= 11 is 5.96. The molecule has 1 heterocycles. The molecule has 1 aliphatic rings. The largest absolute Gasteiger partial charge is 0.495 e. The lowest BCUT2D eigenvalue weighted by atomic mass is 10.2. The summed E-state index contributed by atoms with van der Waals surface area (Å²) in [5.74, 6) is 0.491. The van der Waals surface area contributed by atoms with E-state index >= 15 is 0 Å². The first-order valence-electron chi connectivity index (χ1n) is 7.83. The van der Waals surface area contributed by atoms with Gasteiger partial charge in [-0.05, 0) is 30.3 Å². The van der Waals surface area contributed by atoms with Crippen LogP contribution in [0.4, 0.5) is 16.2 Å². The Labute approximate surface area is 150 Å². The number of hydrogen-bond acceptors (Lipinski definition) is 3. The molecule has 0 spiro atoms. The number of methoxy groups -OCH3 is 1. The summed E-state index contributed by atoms with van der Waals surface area (Å²) in [4.78, 5) is 26.1. The second-order valence-electron chi connectivity index (χ2n) is 5.68. The number of rotatable bonds is 4. The molecule has 2 N–H and O–H groups in total. The van der Waals surface area contributed by atoms with Crippen LogP contribution in [0.1, 0.15) is 6.42 Å². The maximum absolute atomic E-state index is 12.2. The number of nitrogens with zero attached hydrogens (tertiary/aromatic N) is 1. The molecule has 2 aromatic carbocycles. The number of benzene rings is 2. The fraction of sp³-hybridized carbons (Fsp3) is 0.222. The molecule has 3 rings (SSSR count). The number of urea groups is 1. The van der Waals surface area contributed by atoms with E-state index in [2.05, 4.69) is 10.6 Å². The van der Waals surface area contributed by atoms with E-state index in [9.17, 15) is 9.59 Å². The van der Waals surface area contributed by atoms with Gasteiger partial charge < -0.3 is 20.3 Å². The highest BCUT2D eigenvalue weighted by Crippen LogP contribution is 2.27. The molecule has 6 nitrogen and oxygen atoms in total. The van der Waals surface area contributed by atoms with Crippen molar-refractivity contribution in [3.8, 4) is 5.75 Å². The smallest absolute Gasteiger partial charge is 0.319 e. The molecule has 1 atom stereocenters. The van der Waals surface area contributed by atoms with E-state index in [1.165, 1.54) is 7.11 Å². The number of carbonyl (C=O) groups is 2. The summed E-state index contributed by atoms with van der Waals surface area (Å²) in [6.45, 7) is 0.433. The molecule has 7 heteroatoms. The van der Waals surface area contributed by atoms with E-state index in [0.717, 1.165) is 5.69 Å². The van der Waals surface area contributed by atoms with E-state index in [-0.39, 0.29) is 18.4 Å². The van der Waals surface area contributed by atoms with Crippen molar-refractivity contribution in [1.29, 1.82) is 0 Å². The van der Waals surface area contributed by atoms with Crippen molar-refractivity contribution in [3.63, 3.8) is 0 Å². The van der Waals surface area contributed by atoms with E-state index in [1.807, 2.05) is 30.3 Å². The average molecular weight is 360 g/mol. The van der Waals surface area contributed by atoms with Gasteiger partial charge in [-0.25, -0.2) is 4.79 Å². The monoisotopic (exact) mass is 359 g/mol. The van der Waals surface area contributed by atoms with Crippen molar-refractivity contribution in [2.75, 3.05) is 23.9 Å². The van der Waals surface area contributed by atoms with Crippen LogP contribution in [0.3, 0.4) is 0 Å². The Morgan fingerprint density at radius 1 is 1.24 bits per heavy atom. The summed E-state index contributed by atoms with van der Waals surface area (Å²) in [7, 11) is 1.51. The van der Waals surface area contributed by atoms with Gasteiger partial charge in [0.25, 0.3) is 0 Å². The third-order valence-corrected chi connectivity index (χ3v) is 4.17. The number of halogens is 1. The Bertz CT molecular complexity index is 782. The fourth-order valence-corrected chi connectivity index (χ4v) is 2.96. The number of hydrogen-bond donors (Lipinski definition) is 2. The number of amides is 3. The predicted octanol–water partition coefficient (Wildman–Crippen LogP) is 3.28. The SMILES string of the molecule is COc1ccc(Cl)cc1NC(=O)N[C@H]1CC(=O)N(c2ccccc2)C1. The number of anilines is 2. The van der Waals surface area contributed by atoms with Crippen LogP contribution in [-0.4, -0.2) is 31.6 Å². The van der Waals surface area contributed by atoms with E-state index in [1.54, 1.807) is 23.1 Å². The number of ether oxygens (including phenoxy) is 1. The maximum atomic E-state index is 12.2. The van der Waals surface area contributed by atoms with Crippen molar-refractivity contribution in [1.82, 2.24) is 5.32 Å². The molecule has 2 aromatic rings. The third kappa shape index (κ3) is 4.03. The molecular formula is C18H18ClN3O3. The zero-order chi connectivity index (χ0) is 17.8. The Kier molecular flexibility index (Phi) is 5.09. The van der Waals surface area contributed by atoms with Crippen LogP contribution in [-0.2, 0) is 4.79 Å². The van der Waals surface area contributed by atoms with Crippen molar-refractivity contribution >= 4 is 34.9 Å². The zero-order valence-electron chi connectivity index (χ0n) is 13.7. The van der Waals surface area contributed by atoms with Crippen LogP contribution in [0.5, 0.6) is 5.75 Å². The van der Waals surface area contributed by atoms with Gasteiger partial charge in [0.2, 0.25) is 5.91 Å². The van der Waals surface area contributed by atoms with Crippen LogP contribution in [0.25, 0.3) is 0 Å². The summed E-state index contributed by atoms with van der Waals surface area (Å²) in [6, 6.07) is 13.7. The van der Waals surface area contributed by atoms with Gasteiger partial charge in [-0.1, -0.05) is 29.8 Å². The van der Waals surface area contributed by atoms with Gasteiger partial charge in [0.1, 0.15) is 5.75 Å². The van der Waals surface area contributed by atoms with Gasteiger partial charge >= 0.3 is 6.03 Å². The molecule has 0 aromatic heterocycles. The standard InChI is InChI=1S/C18H18ClN3O3/c1-25-16-8-7-12(19)9-15(16)21-18(24)20-13-10-17(23)22(11-13)14-5-3-2-4-6-14/h2-9,13H,10-11H2,1H3,(H2,20,21,24)/t13-/m0/s1. The number of carbonyl (C=O) groups excluding carboxylic acids is 2. The van der Waals surface area contributed by atoms with E-state index < -0.39 is 6.03 Å². The molecule has 3 amide bonds. The quantitative estimate of drug-likeness (QED) is 0.880. The molecule has 0 unspecified atom stereocenters. The maximum Gasteiger partial charge on any atom is 0.319 e. The van der Waals surface area contributed by atoms with Crippen LogP contribution in [0.15, 0.2) is 48.5 Å². The van der Waals surface area contributed by atoms with E-state index in [0.29, 0.717) is 23.0 Å². The van der Waals surface area contributed by atoms with Crippen LogP contribution >= 0.6 is 11.6 Å².